The first-order valence-electron chi connectivity index (χ1n) is 4.67. The first-order valence-corrected chi connectivity index (χ1v) is 4.67. The summed E-state index contributed by atoms with van der Waals surface area (Å²) >= 11 is 0. The highest BCUT2D eigenvalue weighted by molar-refractivity contribution is 5.74. The molecular weight excluding hydrogens is 180 g/mol. The van der Waals surface area contributed by atoms with Gasteiger partial charge in [0.25, 0.3) is 0 Å². The van der Waals surface area contributed by atoms with Gasteiger partial charge in [-0.25, -0.2) is 0 Å². The molecule has 0 saturated carbocycles. The molecule has 3 N–H and O–H groups in total. The van der Waals surface area contributed by atoms with Crippen LogP contribution in [0.25, 0.3) is 0 Å². The quantitative estimate of drug-likeness (QED) is 0.658. The predicted octanol–water partition coefficient (Wildman–Crippen LogP) is -0.263. The molecule has 1 unspecified atom stereocenters. The lowest BCUT2D eigenvalue weighted by Gasteiger charge is -2.11. The number of carbonyl (C=O) groups excluding carboxylic acids is 1. The van der Waals surface area contributed by atoms with Crippen LogP contribution in [0.3, 0.4) is 0 Å². The summed E-state index contributed by atoms with van der Waals surface area (Å²) in [7, 11) is 0. The van der Waals surface area contributed by atoms with Crippen molar-refractivity contribution in [3.05, 3.63) is 18.5 Å². The Labute approximate surface area is 83.3 Å². The first kappa shape index (κ1) is 10.7. The Morgan fingerprint density at radius 2 is 2.50 bits per heavy atom. The highest BCUT2D eigenvalue weighted by Gasteiger charge is 2.04. The van der Waals surface area contributed by atoms with Crippen LogP contribution in [-0.2, 0) is 11.3 Å². The van der Waals surface area contributed by atoms with Gasteiger partial charge in [-0.05, 0) is 13.0 Å². The summed E-state index contributed by atoms with van der Waals surface area (Å²) in [6.45, 7) is 3.53. The average Bonchev–Trinajstić information content (AvgIpc) is 2.55. The molecule has 1 aromatic rings. The van der Waals surface area contributed by atoms with Crippen molar-refractivity contribution in [2.75, 3.05) is 6.54 Å². The lowest BCUT2D eigenvalue weighted by molar-refractivity contribution is -0.118. The summed E-state index contributed by atoms with van der Waals surface area (Å²) in [6.07, 6.45) is 4.02. The van der Waals surface area contributed by atoms with E-state index in [1.54, 1.807) is 6.20 Å². The fourth-order valence-corrected chi connectivity index (χ4v) is 1.23. The molecule has 1 rings (SSSR count). The Morgan fingerprint density at radius 3 is 3.07 bits per heavy atom. The van der Waals surface area contributed by atoms with Crippen LogP contribution in [0.5, 0.6) is 0 Å². The third kappa shape index (κ3) is 4.04. The lowest BCUT2D eigenvalue weighted by atomic mass is 10.2. The van der Waals surface area contributed by atoms with Crippen molar-refractivity contribution < 1.29 is 4.79 Å². The molecule has 5 heteroatoms. The molecule has 0 aliphatic rings. The lowest BCUT2D eigenvalue weighted by Crippen LogP contribution is -2.33. The number of rotatable bonds is 6. The van der Waals surface area contributed by atoms with Crippen LogP contribution in [0.1, 0.15) is 13.3 Å². The number of hydrogen-bond donors (Lipinski definition) is 2. The molecule has 78 valence electrons. The smallest absolute Gasteiger partial charge is 0.218 e. The van der Waals surface area contributed by atoms with Crippen molar-refractivity contribution >= 4 is 5.91 Å². The van der Waals surface area contributed by atoms with Crippen molar-refractivity contribution in [1.29, 1.82) is 0 Å². The Balaban J connectivity index is 2.12. The zero-order chi connectivity index (χ0) is 10.4. The molecule has 0 aromatic carbocycles. The molecule has 0 aliphatic heterocycles. The summed E-state index contributed by atoms with van der Waals surface area (Å²) in [5.41, 5.74) is 5.06. The molecule has 1 amide bonds. The molecule has 0 bridgehead atoms. The largest absolute Gasteiger partial charge is 0.370 e. The molecule has 0 radical (unpaired) electrons. The summed E-state index contributed by atoms with van der Waals surface area (Å²) in [5, 5.41) is 7.25. The van der Waals surface area contributed by atoms with E-state index in [0.29, 0.717) is 6.42 Å². The van der Waals surface area contributed by atoms with E-state index < -0.39 is 0 Å². The number of carbonyl (C=O) groups is 1. The monoisotopic (exact) mass is 196 g/mol. The number of hydrogen-bond acceptors (Lipinski definition) is 3. The predicted molar refractivity (Wildman–Crippen MR) is 53.5 cm³/mol. The summed E-state index contributed by atoms with van der Waals surface area (Å²) in [4.78, 5) is 10.6. The molecule has 1 heterocycles. The molecule has 1 atom stereocenters. The van der Waals surface area contributed by atoms with E-state index in [0.717, 1.165) is 13.1 Å². The average molecular weight is 196 g/mol. The molecule has 0 fully saturated rings. The Hall–Kier alpha value is -1.36. The summed E-state index contributed by atoms with van der Waals surface area (Å²) < 4.78 is 1.84. The maximum atomic E-state index is 10.6. The van der Waals surface area contributed by atoms with Crippen LogP contribution < -0.4 is 11.1 Å². The van der Waals surface area contributed by atoms with Crippen LogP contribution in [0.15, 0.2) is 18.5 Å². The third-order valence-electron chi connectivity index (χ3n) is 1.90. The standard InChI is InChI=1S/C9H16N4O/c1-8(7-9(10)14)11-4-6-13-5-2-3-12-13/h2-3,5,8,11H,4,6-7H2,1H3,(H2,10,14). The van der Waals surface area contributed by atoms with Crippen LogP contribution in [0.4, 0.5) is 0 Å². The van der Waals surface area contributed by atoms with Gasteiger partial charge in [-0.15, -0.1) is 0 Å². The zero-order valence-electron chi connectivity index (χ0n) is 8.31. The molecule has 14 heavy (non-hydrogen) atoms. The van der Waals surface area contributed by atoms with Gasteiger partial charge in [-0.2, -0.15) is 5.10 Å². The van der Waals surface area contributed by atoms with Crippen molar-refractivity contribution in [3.8, 4) is 0 Å². The molecular formula is C9H16N4O. The van der Waals surface area contributed by atoms with Gasteiger partial charge < -0.3 is 11.1 Å². The van der Waals surface area contributed by atoms with E-state index in [4.69, 9.17) is 5.73 Å². The van der Waals surface area contributed by atoms with Crippen LogP contribution in [0, 0.1) is 0 Å². The maximum absolute atomic E-state index is 10.6. The van der Waals surface area contributed by atoms with E-state index in [1.807, 2.05) is 23.9 Å². The summed E-state index contributed by atoms with van der Waals surface area (Å²) in [5.74, 6) is -0.274. The number of amides is 1. The Morgan fingerprint density at radius 1 is 1.71 bits per heavy atom. The SMILES string of the molecule is CC(CC(N)=O)NCCn1cccn1. The highest BCUT2D eigenvalue weighted by Crippen LogP contribution is 1.89. The molecule has 0 aliphatic carbocycles. The second-order valence-corrected chi connectivity index (χ2v) is 3.29. The zero-order valence-corrected chi connectivity index (χ0v) is 8.31. The number of aromatic nitrogens is 2. The van der Waals surface area contributed by atoms with Gasteiger partial charge in [0.15, 0.2) is 0 Å². The van der Waals surface area contributed by atoms with Crippen LogP contribution in [-0.4, -0.2) is 28.3 Å². The normalized spacial score (nSPS) is 12.6. The van der Waals surface area contributed by atoms with Gasteiger partial charge in [0, 0.05) is 31.4 Å². The highest BCUT2D eigenvalue weighted by atomic mass is 16.1. The first-order chi connectivity index (χ1) is 6.68. The van der Waals surface area contributed by atoms with Gasteiger partial charge in [0.05, 0.1) is 6.54 Å². The van der Waals surface area contributed by atoms with E-state index >= 15 is 0 Å². The fourth-order valence-electron chi connectivity index (χ4n) is 1.23. The minimum Gasteiger partial charge on any atom is -0.370 e. The Kier molecular flexibility index (Phi) is 4.12. The number of primary amides is 1. The second kappa shape index (κ2) is 5.39. The van der Waals surface area contributed by atoms with Gasteiger partial charge >= 0.3 is 0 Å². The van der Waals surface area contributed by atoms with E-state index in [9.17, 15) is 4.79 Å². The van der Waals surface area contributed by atoms with Gasteiger partial charge in [-0.3, -0.25) is 9.48 Å². The summed E-state index contributed by atoms with van der Waals surface area (Å²) in [6, 6.07) is 2.01. The van der Waals surface area contributed by atoms with Crippen LogP contribution >= 0.6 is 0 Å². The minimum absolute atomic E-state index is 0.128. The molecule has 0 saturated heterocycles. The Bertz CT molecular complexity index is 270. The van der Waals surface area contributed by atoms with E-state index in [1.165, 1.54) is 0 Å². The van der Waals surface area contributed by atoms with E-state index in [2.05, 4.69) is 10.4 Å². The maximum Gasteiger partial charge on any atom is 0.218 e. The fraction of sp³-hybridized carbons (Fsp3) is 0.556. The van der Waals surface area contributed by atoms with Crippen molar-refractivity contribution in [2.45, 2.75) is 25.9 Å². The van der Waals surface area contributed by atoms with Crippen molar-refractivity contribution in [3.63, 3.8) is 0 Å². The molecule has 1 aromatic heterocycles. The number of nitrogens with zero attached hydrogens (tertiary/aromatic N) is 2. The molecule has 0 spiro atoms. The van der Waals surface area contributed by atoms with Gasteiger partial charge in [0.1, 0.15) is 0 Å². The number of nitrogens with two attached hydrogens (primary N) is 1. The number of nitrogens with one attached hydrogen (secondary N) is 1. The van der Waals surface area contributed by atoms with E-state index in [-0.39, 0.29) is 11.9 Å². The third-order valence-corrected chi connectivity index (χ3v) is 1.90. The van der Waals surface area contributed by atoms with Crippen molar-refractivity contribution in [2.24, 2.45) is 5.73 Å². The minimum atomic E-state index is -0.274. The second-order valence-electron chi connectivity index (χ2n) is 3.29. The van der Waals surface area contributed by atoms with Crippen LogP contribution in [0.2, 0.25) is 0 Å². The topological polar surface area (TPSA) is 72.9 Å². The van der Waals surface area contributed by atoms with Crippen molar-refractivity contribution in [1.82, 2.24) is 15.1 Å². The van der Waals surface area contributed by atoms with Gasteiger partial charge in [0.2, 0.25) is 5.91 Å². The van der Waals surface area contributed by atoms with Gasteiger partial charge in [-0.1, -0.05) is 0 Å². The molecule has 5 nitrogen and oxygen atoms in total.